The molecular weight excluding hydrogens is 298 g/mol. The summed E-state index contributed by atoms with van der Waals surface area (Å²) in [5.41, 5.74) is 1.12. The second kappa shape index (κ2) is 6.20. The van der Waals surface area contributed by atoms with E-state index in [9.17, 15) is 13.5 Å². The average molecular weight is 317 g/mol. The van der Waals surface area contributed by atoms with Crippen molar-refractivity contribution in [2.45, 2.75) is 24.0 Å². The van der Waals surface area contributed by atoms with Gasteiger partial charge >= 0.3 is 0 Å². The van der Waals surface area contributed by atoms with Crippen molar-refractivity contribution in [1.29, 1.82) is 0 Å². The third-order valence-electron chi connectivity index (χ3n) is 4.13. The Morgan fingerprint density at radius 1 is 1.00 bits per heavy atom. The zero-order valence-corrected chi connectivity index (χ0v) is 13.0. The fourth-order valence-corrected chi connectivity index (χ4v) is 4.50. The molecule has 0 amide bonds. The summed E-state index contributed by atoms with van der Waals surface area (Å²) in [6.45, 7) is 0.357. The average Bonchev–Trinajstić information content (AvgIpc) is 2.91. The molecule has 5 heteroatoms. The number of hydrogen-bond donors (Lipinski definition) is 1. The molecule has 2 unspecified atom stereocenters. The van der Waals surface area contributed by atoms with Crippen molar-refractivity contribution in [3.63, 3.8) is 0 Å². The van der Waals surface area contributed by atoms with Crippen molar-refractivity contribution in [1.82, 2.24) is 4.31 Å². The van der Waals surface area contributed by atoms with Crippen LogP contribution in [0.1, 0.15) is 12.0 Å². The molecule has 2 aromatic carbocycles. The van der Waals surface area contributed by atoms with E-state index >= 15 is 0 Å². The summed E-state index contributed by atoms with van der Waals surface area (Å²) < 4.78 is 26.4. The van der Waals surface area contributed by atoms with Crippen LogP contribution in [0, 0.1) is 5.92 Å². The van der Waals surface area contributed by atoms with Crippen molar-refractivity contribution in [2.75, 3.05) is 6.54 Å². The summed E-state index contributed by atoms with van der Waals surface area (Å²) in [5.74, 6) is -0.0686. The van der Waals surface area contributed by atoms with Crippen LogP contribution in [0.3, 0.4) is 0 Å². The van der Waals surface area contributed by atoms with Crippen LogP contribution in [0.15, 0.2) is 65.6 Å². The Bertz CT molecular complexity index is 716. The molecule has 1 aliphatic heterocycles. The van der Waals surface area contributed by atoms with E-state index in [0.717, 1.165) is 5.56 Å². The van der Waals surface area contributed by atoms with Gasteiger partial charge in [-0.1, -0.05) is 48.5 Å². The largest absolute Gasteiger partial charge is 0.377 e. The molecule has 0 bridgehead atoms. The Balaban J connectivity index is 1.78. The molecule has 0 radical (unpaired) electrons. The third-order valence-corrected chi connectivity index (χ3v) is 6.01. The van der Waals surface area contributed by atoms with Crippen molar-refractivity contribution >= 4 is 10.0 Å². The summed E-state index contributed by atoms with van der Waals surface area (Å²) in [4.78, 5) is 0.231. The van der Waals surface area contributed by atoms with E-state index in [0.29, 0.717) is 19.4 Å². The van der Waals surface area contributed by atoms with Gasteiger partial charge in [-0.2, -0.15) is 4.31 Å². The van der Waals surface area contributed by atoms with Crippen LogP contribution in [0.5, 0.6) is 0 Å². The minimum absolute atomic E-state index is 0.0686. The highest BCUT2D eigenvalue weighted by Gasteiger charge is 2.40. The summed E-state index contributed by atoms with van der Waals surface area (Å²) in [6, 6.07) is 18.1. The molecule has 22 heavy (non-hydrogen) atoms. The normalized spacial score (nSPS) is 22.8. The first-order valence-corrected chi connectivity index (χ1v) is 8.82. The van der Waals surface area contributed by atoms with E-state index in [4.69, 9.17) is 0 Å². The smallest absolute Gasteiger partial charge is 0.245 e. The Kier molecular flexibility index (Phi) is 4.29. The van der Waals surface area contributed by atoms with Crippen molar-refractivity contribution in [3.8, 4) is 0 Å². The minimum atomic E-state index is -3.63. The molecular formula is C17H19NO3S. The lowest BCUT2D eigenvalue weighted by molar-refractivity contribution is 0.0566. The monoisotopic (exact) mass is 317 g/mol. The minimum Gasteiger partial charge on any atom is -0.377 e. The van der Waals surface area contributed by atoms with Gasteiger partial charge in [0.2, 0.25) is 10.0 Å². The molecule has 0 aliphatic carbocycles. The second-order valence-corrected chi connectivity index (χ2v) is 7.47. The van der Waals surface area contributed by atoms with Crippen LogP contribution in [0.2, 0.25) is 0 Å². The van der Waals surface area contributed by atoms with Crippen LogP contribution in [-0.4, -0.2) is 30.6 Å². The molecule has 4 nitrogen and oxygen atoms in total. The van der Waals surface area contributed by atoms with Gasteiger partial charge in [0.05, 0.1) is 4.90 Å². The summed E-state index contributed by atoms with van der Waals surface area (Å²) in [5, 5.41) is 10.5. The molecule has 0 aromatic heterocycles. The van der Waals surface area contributed by atoms with Gasteiger partial charge in [-0.3, -0.25) is 0 Å². The molecule has 3 rings (SSSR count). The van der Waals surface area contributed by atoms with E-state index in [-0.39, 0.29) is 10.8 Å². The van der Waals surface area contributed by atoms with Crippen LogP contribution in [-0.2, 0) is 16.4 Å². The summed E-state index contributed by atoms with van der Waals surface area (Å²) >= 11 is 0. The standard InChI is InChI=1S/C17H19NO3S/c19-17-15(13-14-7-3-1-4-8-14)11-12-18(17)22(20,21)16-9-5-2-6-10-16/h1-10,15,17,19H,11-13H2. The molecule has 1 saturated heterocycles. The predicted octanol–water partition coefficient (Wildman–Crippen LogP) is 2.26. The lowest BCUT2D eigenvalue weighted by Gasteiger charge is -2.23. The Labute approximate surface area is 131 Å². The van der Waals surface area contributed by atoms with Gasteiger partial charge in [0.15, 0.2) is 0 Å². The first-order valence-electron chi connectivity index (χ1n) is 7.38. The van der Waals surface area contributed by atoms with Gasteiger partial charge in [-0.05, 0) is 30.5 Å². The highest BCUT2D eigenvalue weighted by atomic mass is 32.2. The maximum Gasteiger partial charge on any atom is 0.245 e. The number of nitrogens with zero attached hydrogens (tertiary/aromatic N) is 1. The number of rotatable bonds is 4. The lowest BCUT2D eigenvalue weighted by atomic mass is 9.97. The molecule has 1 fully saturated rings. The quantitative estimate of drug-likeness (QED) is 0.941. The Morgan fingerprint density at radius 2 is 1.59 bits per heavy atom. The van der Waals surface area contributed by atoms with Crippen molar-refractivity contribution in [2.24, 2.45) is 5.92 Å². The van der Waals surface area contributed by atoms with Crippen molar-refractivity contribution < 1.29 is 13.5 Å². The molecule has 0 spiro atoms. The zero-order valence-electron chi connectivity index (χ0n) is 12.2. The van der Waals surface area contributed by atoms with Gasteiger partial charge < -0.3 is 5.11 Å². The Morgan fingerprint density at radius 3 is 2.23 bits per heavy atom. The Hall–Kier alpha value is -1.69. The summed E-state index contributed by atoms with van der Waals surface area (Å²) in [7, 11) is -3.63. The fraction of sp³-hybridized carbons (Fsp3) is 0.294. The number of hydrogen-bond acceptors (Lipinski definition) is 3. The number of sulfonamides is 1. The van der Waals surface area contributed by atoms with Crippen LogP contribution >= 0.6 is 0 Å². The van der Waals surface area contributed by atoms with E-state index in [2.05, 4.69) is 0 Å². The van der Waals surface area contributed by atoms with E-state index in [1.54, 1.807) is 30.3 Å². The SMILES string of the molecule is O=S(=O)(c1ccccc1)N1CCC(Cc2ccccc2)C1O. The highest BCUT2D eigenvalue weighted by molar-refractivity contribution is 7.89. The molecule has 2 aromatic rings. The predicted molar refractivity (Wildman–Crippen MR) is 84.6 cm³/mol. The van der Waals surface area contributed by atoms with Gasteiger partial charge in [-0.15, -0.1) is 0 Å². The van der Waals surface area contributed by atoms with E-state index in [1.165, 1.54) is 4.31 Å². The maximum absolute atomic E-state index is 12.6. The van der Waals surface area contributed by atoms with Gasteiger partial charge in [0.1, 0.15) is 6.23 Å². The molecule has 1 N–H and O–H groups in total. The highest BCUT2D eigenvalue weighted by Crippen LogP contribution is 2.31. The fourth-order valence-electron chi connectivity index (χ4n) is 2.92. The molecule has 116 valence electrons. The van der Waals surface area contributed by atoms with Gasteiger partial charge in [-0.25, -0.2) is 8.42 Å². The molecule has 0 saturated carbocycles. The summed E-state index contributed by atoms with van der Waals surface area (Å²) in [6.07, 6.45) is 0.385. The first kappa shape index (κ1) is 15.2. The van der Waals surface area contributed by atoms with Crippen LogP contribution < -0.4 is 0 Å². The van der Waals surface area contributed by atoms with Crippen molar-refractivity contribution in [3.05, 3.63) is 66.2 Å². The van der Waals surface area contributed by atoms with Gasteiger partial charge in [0.25, 0.3) is 0 Å². The topological polar surface area (TPSA) is 57.6 Å². The number of aliphatic hydroxyl groups excluding tert-OH is 1. The lowest BCUT2D eigenvalue weighted by Crippen LogP contribution is -2.38. The maximum atomic E-state index is 12.6. The second-order valence-electron chi connectivity index (χ2n) is 5.58. The van der Waals surface area contributed by atoms with E-state index in [1.807, 2.05) is 30.3 Å². The first-order chi connectivity index (χ1) is 10.6. The number of aliphatic hydroxyl groups is 1. The molecule has 1 heterocycles. The molecule has 1 aliphatic rings. The zero-order chi connectivity index (χ0) is 15.6. The van der Waals surface area contributed by atoms with Gasteiger partial charge in [0, 0.05) is 12.5 Å². The van der Waals surface area contributed by atoms with Crippen LogP contribution in [0.4, 0.5) is 0 Å². The third kappa shape index (κ3) is 2.92. The van der Waals surface area contributed by atoms with Crippen LogP contribution in [0.25, 0.3) is 0 Å². The number of benzene rings is 2. The molecule has 2 atom stereocenters. The van der Waals surface area contributed by atoms with E-state index < -0.39 is 16.3 Å².